The average Bonchev–Trinajstić information content (AvgIpc) is 2.80. The number of benzene rings is 1. The summed E-state index contributed by atoms with van der Waals surface area (Å²) in [6, 6.07) is 11.0. The van der Waals surface area contributed by atoms with E-state index in [0.717, 1.165) is 17.1 Å². The second-order valence-electron chi connectivity index (χ2n) is 5.76. The third kappa shape index (κ3) is 3.34. The summed E-state index contributed by atoms with van der Waals surface area (Å²) in [6.07, 6.45) is 0.00680. The number of carbonyl (C=O) groups excluding carboxylic acids is 1. The Morgan fingerprint density at radius 2 is 2.04 bits per heavy atom. The molecule has 2 heterocycles. The molecule has 118 valence electrons. The lowest BCUT2D eigenvalue weighted by Gasteiger charge is -2.39. The Labute approximate surface area is 134 Å². The third-order valence-electron chi connectivity index (χ3n) is 3.88. The molecular weight excluding hydrogens is 292 g/mol. The van der Waals surface area contributed by atoms with Crippen LogP contribution in [-0.2, 0) is 11.3 Å². The van der Waals surface area contributed by atoms with Crippen LogP contribution in [0.3, 0.4) is 0 Å². The maximum absolute atomic E-state index is 12.2. The number of rotatable bonds is 4. The van der Waals surface area contributed by atoms with Gasteiger partial charge in [0.25, 0.3) is 0 Å². The van der Waals surface area contributed by atoms with Gasteiger partial charge in [-0.05, 0) is 44.2 Å². The predicted octanol–water partition coefficient (Wildman–Crippen LogP) is 1.66. The SMILES string of the molecule is Cc1cc(C)n(CC(=O)N2CC(Oc3ccc(C#N)cc3)C2)n1. The van der Waals surface area contributed by atoms with Crippen LogP contribution in [0.2, 0.25) is 0 Å². The van der Waals surface area contributed by atoms with E-state index in [-0.39, 0.29) is 18.6 Å². The van der Waals surface area contributed by atoms with Crippen molar-refractivity contribution in [2.45, 2.75) is 26.5 Å². The Kier molecular flexibility index (Phi) is 4.02. The van der Waals surface area contributed by atoms with Gasteiger partial charge in [-0.25, -0.2) is 0 Å². The molecule has 0 atom stereocenters. The monoisotopic (exact) mass is 310 g/mol. The van der Waals surface area contributed by atoms with Crippen LogP contribution in [0, 0.1) is 25.2 Å². The molecule has 1 aromatic carbocycles. The van der Waals surface area contributed by atoms with Crippen LogP contribution in [0.15, 0.2) is 30.3 Å². The van der Waals surface area contributed by atoms with Crippen LogP contribution in [0.4, 0.5) is 0 Å². The van der Waals surface area contributed by atoms with Crippen LogP contribution in [0.25, 0.3) is 0 Å². The number of hydrogen-bond acceptors (Lipinski definition) is 4. The van der Waals surface area contributed by atoms with E-state index in [9.17, 15) is 4.79 Å². The number of nitriles is 1. The molecule has 1 saturated heterocycles. The summed E-state index contributed by atoms with van der Waals surface area (Å²) in [4.78, 5) is 14.0. The summed E-state index contributed by atoms with van der Waals surface area (Å²) >= 11 is 0. The Morgan fingerprint density at radius 3 is 2.61 bits per heavy atom. The highest BCUT2D eigenvalue weighted by molar-refractivity contribution is 5.77. The third-order valence-corrected chi connectivity index (χ3v) is 3.88. The minimum Gasteiger partial charge on any atom is -0.487 e. The van der Waals surface area contributed by atoms with Gasteiger partial charge >= 0.3 is 0 Å². The summed E-state index contributed by atoms with van der Waals surface area (Å²) in [6.45, 7) is 5.29. The maximum Gasteiger partial charge on any atom is 0.244 e. The first kappa shape index (κ1) is 15.1. The molecule has 0 bridgehead atoms. The molecule has 6 heteroatoms. The van der Waals surface area contributed by atoms with Gasteiger partial charge in [0.15, 0.2) is 0 Å². The normalized spacial score (nSPS) is 14.2. The topological polar surface area (TPSA) is 71.2 Å². The average molecular weight is 310 g/mol. The Balaban J connectivity index is 1.49. The zero-order valence-corrected chi connectivity index (χ0v) is 13.2. The molecular formula is C17H18N4O2. The van der Waals surface area contributed by atoms with E-state index < -0.39 is 0 Å². The fraction of sp³-hybridized carbons (Fsp3) is 0.353. The van der Waals surface area contributed by atoms with E-state index in [1.54, 1.807) is 33.8 Å². The van der Waals surface area contributed by atoms with Crippen molar-refractivity contribution in [3.63, 3.8) is 0 Å². The van der Waals surface area contributed by atoms with Crippen molar-refractivity contribution < 1.29 is 9.53 Å². The minimum absolute atomic E-state index is 0.00680. The molecule has 0 aliphatic carbocycles. The van der Waals surface area contributed by atoms with Gasteiger partial charge in [-0.15, -0.1) is 0 Å². The summed E-state index contributed by atoms with van der Waals surface area (Å²) in [5, 5.41) is 13.1. The lowest BCUT2D eigenvalue weighted by atomic mass is 10.1. The number of hydrogen-bond donors (Lipinski definition) is 0. The molecule has 6 nitrogen and oxygen atoms in total. The van der Waals surface area contributed by atoms with Gasteiger partial charge in [-0.3, -0.25) is 9.48 Å². The highest BCUT2D eigenvalue weighted by Gasteiger charge is 2.32. The van der Waals surface area contributed by atoms with Crippen LogP contribution in [-0.4, -0.2) is 39.8 Å². The highest BCUT2D eigenvalue weighted by atomic mass is 16.5. The maximum atomic E-state index is 12.2. The molecule has 1 aliphatic heterocycles. The summed E-state index contributed by atoms with van der Waals surface area (Å²) < 4.78 is 7.51. The molecule has 3 rings (SSSR count). The molecule has 0 saturated carbocycles. The number of likely N-dealkylation sites (tertiary alicyclic amines) is 1. The number of nitrogens with zero attached hydrogens (tertiary/aromatic N) is 4. The molecule has 0 spiro atoms. The molecule has 1 fully saturated rings. The second kappa shape index (κ2) is 6.13. The Morgan fingerprint density at radius 1 is 1.35 bits per heavy atom. The van der Waals surface area contributed by atoms with Gasteiger partial charge in [0.1, 0.15) is 18.4 Å². The number of carbonyl (C=O) groups is 1. The zero-order valence-electron chi connectivity index (χ0n) is 13.2. The molecule has 1 aromatic heterocycles. The molecule has 1 aliphatic rings. The quantitative estimate of drug-likeness (QED) is 0.861. The second-order valence-corrected chi connectivity index (χ2v) is 5.76. The number of aryl methyl sites for hydroxylation is 2. The first-order chi connectivity index (χ1) is 11.0. The lowest BCUT2D eigenvalue weighted by molar-refractivity contribution is -0.140. The highest BCUT2D eigenvalue weighted by Crippen LogP contribution is 2.19. The molecule has 23 heavy (non-hydrogen) atoms. The van der Waals surface area contributed by atoms with Gasteiger partial charge in [-0.1, -0.05) is 0 Å². The smallest absolute Gasteiger partial charge is 0.244 e. The van der Waals surface area contributed by atoms with Gasteiger partial charge in [-0.2, -0.15) is 10.4 Å². The van der Waals surface area contributed by atoms with Crippen LogP contribution < -0.4 is 4.74 Å². The van der Waals surface area contributed by atoms with Crippen molar-refractivity contribution in [2.75, 3.05) is 13.1 Å². The fourth-order valence-electron chi connectivity index (χ4n) is 2.58. The molecule has 2 aromatic rings. The lowest BCUT2D eigenvalue weighted by Crippen LogP contribution is -2.57. The molecule has 0 unspecified atom stereocenters. The van der Waals surface area contributed by atoms with Gasteiger partial charge in [0.05, 0.1) is 30.4 Å². The molecule has 0 N–H and O–H groups in total. The van der Waals surface area contributed by atoms with E-state index in [1.807, 2.05) is 19.9 Å². The van der Waals surface area contributed by atoms with E-state index in [1.165, 1.54) is 0 Å². The standard InChI is InChI=1S/C17H18N4O2/c1-12-7-13(2)21(19-12)11-17(22)20-9-16(10-20)23-15-5-3-14(8-18)4-6-15/h3-7,16H,9-11H2,1-2H3. The van der Waals surface area contributed by atoms with E-state index in [0.29, 0.717) is 18.7 Å². The molecule has 0 radical (unpaired) electrons. The summed E-state index contributed by atoms with van der Waals surface area (Å²) in [5.74, 6) is 0.774. The largest absolute Gasteiger partial charge is 0.487 e. The Hall–Kier alpha value is -2.81. The van der Waals surface area contributed by atoms with Crippen LogP contribution in [0.5, 0.6) is 5.75 Å². The molecule has 1 amide bonds. The first-order valence-electron chi connectivity index (χ1n) is 7.51. The van der Waals surface area contributed by atoms with Crippen molar-refractivity contribution >= 4 is 5.91 Å². The number of amides is 1. The number of aromatic nitrogens is 2. The first-order valence-corrected chi connectivity index (χ1v) is 7.51. The summed E-state index contributed by atoms with van der Waals surface area (Å²) in [7, 11) is 0. The van der Waals surface area contributed by atoms with E-state index in [2.05, 4.69) is 11.2 Å². The van der Waals surface area contributed by atoms with Crippen LogP contribution >= 0.6 is 0 Å². The predicted molar refractivity (Wildman–Crippen MR) is 83.9 cm³/mol. The van der Waals surface area contributed by atoms with Crippen molar-refractivity contribution in [2.24, 2.45) is 0 Å². The van der Waals surface area contributed by atoms with Gasteiger partial charge in [0.2, 0.25) is 5.91 Å². The van der Waals surface area contributed by atoms with Crippen molar-refractivity contribution in [1.29, 1.82) is 5.26 Å². The zero-order chi connectivity index (χ0) is 16.4. The minimum atomic E-state index is 0.00680. The van der Waals surface area contributed by atoms with E-state index >= 15 is 0 Å². The van der Waals surface area contributed by atoms with Gasteiger partial charge in [0, 0.05) is 5.69 Å². The van der Waals surface area contributed by atoms with Gasteiger partial charge < -0.3 is 9.64 Å². The van der Waals surface area contributed by atoms with Crippen LogP contribution in [0.1, 0.15) is 17.0 Å². The van der Waals surface area contributed by atoms with Crippen molar-refractivity contribution in [1.82, 2.24) is 14.7 Å². The van der Waals surface area contributed by atoms with E-state index in [4.69, 9.17) is 10.00 Å². The van der Waals surface area contributed by atoms with Crippen molar-refractivity contribution in [3.05, 3.63) is 47.3 Å². The fourth-order valence-corrected chi connectivity index (χ4v) is 2.58. The Bertz CT molecular complexity index is 752. The van der Waals surface area contributed by atoms with Crippen molar-refractivity contribution in [3.8, 4) is 11.8 Å². The number of ether oxygens (including phenoxy) is 1. The summed E-state index contributed by atoms with van der Waals surface area (Å²) in [5.41, 5.74) is 2.51.